The number of hydrogen-bond donors (Lipinski definition) is 1. The SMILES string of the molecule is C=CCOc1c(I)cc(/C=N\NC(=O)CN2CCOCC2)cc1OCC. The highest BCUT2D eigenvalue weighted by Crippen LogP contribution is 2.33. The van der Waals surface area contributed by atoms with Gasteiger partial charge in [-0.1, -0.05) is 12.7 Å². The number of nitrogens with one attached hydrogen (secondary N) is 1. The maximum absolute atomic E-state index is 11.9. The average molecular weight is 473 g/mol. The van der Waals surface area contributed by atoms with E-state index in [-0.39, 0.29) is 5.91 Å². The van der Waals surface area contributed by atoms with Gasteiger partial charge in [0.25, 0.3) is 5.91 Å². The number of benzene rings is 1. The summed E-state index contributed by atoms with van der Waals surface area (Å²) < 4.78 is 17.5. The van der Waals surface area contributed by atoms with Crippen LogP contribution in [0.4, 0.5) is 0 Å². The molecular weight excluding hydrogens is 449 g/mol. The van der Waals surface area contributed by atoms with Crippen LogP contribution in [-0.4, -0.2) is 63.1 Å². The molecule has 1 N–H and O–H groups in total. The summed E-state index contributed by atoms with van der Waals surface area (Å²) in [6, 6.07) is 3.75. The fourth-order valence-corrected chi connectivity index (χ4v) is 3.17. The van der Waals surface area contributed by atoms with Gasteiger partial charge < -0.3 is 14.2 Å². The number of hydrogen-bond acceptors (Lipinski definition) is 6. The van der Waals surface area contributed by atoms with Gasteiger partial charge >= 0.3 is 0 Å². The normalized spacial score (nSPS) is 15.0. The molecular formula is C18H24IN3O4. The smallest absolute Gasteiger partial charge is 0.254 e. The zero-order chi connectivity index (χ0) is 18.8. The molecule has 2 rings (SSSR count). The van der Waals surface area contributed by atoms with Crippen LogP contribution in [0, 0.1) is 3.57 Å². The molecule has 1 heterocycles. The number of amides is 1. The minimum absolute atomic E-state index is 0.145. The van der Waals surface area contributed by atoms with Crippen molar-refractivity contribution in [1.82, 2.24) is 10.3 Å². The second-order valence-electron chi connectivity index (χ2n) is 5.54. The number of hydrazone groups is 1. The molecule has 0 aromatic heterocycles. The third-order valence-electron chi connectivity index (χ3n) is 3.55. The van der Waals surface area contributed by atoms with Gasteiger partial charge in [-0.15, -0.1) is 0 Å². The molecule has 1 fully saturated rings. The maximum atomic E-state index is 11.9. The Kier molecular flexibility index (Phi) is 8.86. The van der Waals surface area contributed by atoms with E-state index in [1.807, 2.05) is 24.0 Å². The Balaban J connectivity index is 1.97. The van der Waals surface area contributed by atoms with Crippen molar-refractivity contribution in [3.8, 4) is 11.5 Å². The predicted octanol–water partition coefficient (Wildman–Crippen LogP) is 2.04. The molecule has 26 heavy (non-hydrogen) atoms. The predicted molar refractivity (Wildman–Crippen MR) is 109 cm³/mol. The number of carbonyl (C=O) groups is 1. The first-order chi connectivity index (χ1) is 12.6. The van der Waals surface area contributed by atoms with E-state index in [1.165, 1.54) is 0 Å². The summed E-state index contributed by atoms with van der Waals surface area (Å²) in [5, 5.41) is 4.04. The molecule has 1 aromatic carbocycles. The van der Waals surface area contributed by atoms with Crippen molar-refractivity contribution in [2.24, 2.45) is 5.10 Å². The molecule has 8 heteroatoms. The summed E-state index contributed by atoms with van der Waals surface area (Å²) in [5.74, 6) is 1.18. The Morgan fingerprint density at radius 2 is 2.19 bits per heavy atom. The first-order valence-electron chi connectivity index (χ1n) is 8.46. The van der Waals surface area contributed by atoms with Crippen LogP contribution in [0.25, 0.3) is 0 Å². The Hall–Kier alpha value is -1.65. The fraction of sp³-hybridized carbons (Fsp3) is 0.444. The number of ether oxygens (including phenoxy) is 3. The van der Waals surface area contributed by atoms with Crippen molar-refractivity contribution in [1.29, 1.82) is 0 Å². The van der Waals surface area contributed by atoms with Gasteiger partial charge in [-0.05, 0) is 47.2 Å². The van der Waals surface area contributed by atoms with E-state index in [4.69, 9.17) is 14.2 Å². The summed E-state index contributed by atoms with van der Waals surface area (Å²) in [4.78, 5) is 14.0. The molecule has 0 radical (unpaired) electrons. The lowest BCUT2D eigenvalue weighted by atomic mass is 10.2. The Morgan fingerprint density at radius 1 is 1.42 bits per heavy atom. The van der Waals surface area contributed by atoms with Crippen LogP contribution in [0.3, 0.4) is 0 Å². The van der Waals surface area contributed by atoms with Crippen LogP contribution in [0.1, 0.15) is 12.5 Å². The van der Waals surface area contributed by atoms with Crippen LogP contribution in [-0.2, 0) is 9.53 Å². The lowest BCUT2D eigenvalue weighted by Gasteiger charge is -2.25. The lowest BCUT2D eigenvalue weighted by molar-refractivity contribution is -0.123. The van der Waals surface area contributed by atoms with Gasteiger partial charge in [0.2, 0.25) is 0 Å². The maximum Gasteiger partial charge on any atom is 0.254 e. The first-order valence-corrected chi connectivity index (χ1v) is 9.54. The van der Waals surface area contributed by atoms with Crippen LogP contribution in [0.2, 0.25) is 0 Å². The molecule has 0 spiro atoms. The van der Waals surface area contributed by atoms with Gasteiger partial charge in [-0.3, -0.25) is 9.69 Å². The summed E-state index contributed by atoms with van der Waals surface area (Å²) >= 11 is 2.19. The van der Waals surface area contributed by atoms with Gasteiger partial charge in [-0.25, -0.2) is 5.43 Å². The van der Waals surface area contributed by atoms with E-state index in [9.17, 15) is 4.79 Å². The fourth-order valence-electron chi connectivity index (χ4n) is 2.38. The zero-order valence-corrected chi connectivity index (χ0v) is 17.0. The van der Waals surface area contributed by atoms with Crippen LogP contribution in [0.5, 0.6) is 11.5 Å². The van der Waals surface area contributed by atoms with E-state index in [2.05, 4.69) is 39.7 Å². The Morgan fingerprint density at radius 3 is 2.88 bits per heavy atom. The molecule has 1 saturated heterocycles. The van der Waals surface area contributed by atoms with Crippen molar-refractivity contribution < 1.29 is 19.0 Å². The van der Waals surface area contributed by atoms with Gasteiger partial charge in [0.15, 0.2) is 11.5 Å². The lowest BCUT2D eigenvalue weighted by Crippen LogP contribution is -2.42. The zero-order valence-electron chi connectivity index (χ0n) is 14.9. The molecule has 1 amide bonds. The second kappa shape index (κ2) is 11.1. The molecule has 142 valence electrons. The molecule has 0 aliphatic carbocycles. The third-order valence-corrected chi connectivity index (χ3v) is 4.35. The van der Waals surface area contributed by atoms with Crippen molar-refractivity contribution in [3.05, 3.63) is 33.9 Å². The van der Waals surface area contributed by atoms with Gasteiger partial charge in [0.05, 0.1) is 36.2 Å². The molecule has 1 aliphatic rings. The Bertz CT molecular complexity index is 646. The van der Waals surface area contributed by atoms with E-state index in [1.54, 1.807) is 12.3 Å². The largest absolute Gasteiger partial charge is 0.490 e. The van der Waals surface area contributed by atoms with E-state index in [0.29, 0.717) is 44.5 Å². The molecule has 0 saturated carbocycles. The molecule has 0 atom stereocenters. The quantitative estimate of drug-likeness (QED) is 0.257. The summed E-state index contributed by atoms with van der Waals surface area (Å²) in [6.45, 7) is 9.67. The van der Waals surface area contributed by atoms with Crippen LogP contribution < -0.4 is 14.9 Å². The van der Waals surface area contributed by atoms with Crippen LogP contribution in [0.15, 0.2) is 29.9 Å². The van der Waals surface area contributed by atoms with Crippen LogP contribution >= 0.6 is 22.6 Å². The monoisotopic (exact) mass is 473 g/mol. The molecule has 0 unspecified atom stereocenters. The number of nitrogens with zero attached hydrogens (tertiary/aromatic N) is 2. The number of rotatable bonds is 9. The van der Waals surface area contributed by atoms with Gasteiger partial charge in [0, 0.05) is 13.1 Å². The first kappa shape index (κ1) is 20.7. The van der Waals surface area contributed by atoms with Gasteiger partial charge in [-0.2, -0.15) is 5.10 Å². The summed E-state index contributed by atoms with van der Waals surface area (Å²) in [6.07, 6.45) is 3.28. The summed E-state index contributed by atoms with van der Waals surface area (Å²) in [5.41, 5.74) is 3.37. The molecule has 1 aromatic rings. The summed E-state index contributed by atoms with van der Waals surface area (Å²) in [7, 11) is 0. The standard InChI is InChI=1S/C18H24IN3O4/c1-3-7-26-18-15(19)10-14(11-16(18)25-4-2)12-20-21-17(23)13-22-5-8-24-9-6-22/h3,10-12H,1,4-9,13H2,2H3,(H,21,23)/b20-12-. The highest BCUT2D eigenvalue weighted by molar-refractivity contribution is 14.1. The minimum atomic E-state index is -0.145. The van der Waals surface area contributed by atoms with E-state index in [0.717, 1.165) is 22.2 Å². The minimum Gasteiger partial charge on any atom is -0.490 e. The number of carbonyl (C=O) groups excluding carboxylic acids is 1. The number of morpholine rings is 1. The van der Waals surface area contributed by atoms with Crippen molar-refractivity contribution in [3.63, 3.8) is 0 Å². The van der Waals surface area contributed by atoms with Crippen molar-refractivity contribution in [2.75, 3.05) is 46.1 Å². The van der Waals surface area contributed by atoms with E-state index < -0.39 is 0 Å². The van der Waals surface area contributed by atoms with Crippen molar-refractivity contribution in [2.45, 2.75) is 6.92 Å². The van der Waals surface area contributed by atoms with Crippen molar-refractivity contribution >= 4 is 34.7 Å². The molecule has 1 aliphatic heterocycles. The Labute approximate surface area is 167 Å². The highest BCUT2D eigenvalue weighted by atomic mass is 127. The number of halogens is 1. The second-order valence-corrected chi connectivity index (χ2v) is 6.71. The molecule has 7 nitrogen and oxygen atoms in total. The highest BCUT2D eigenvalue weighted by Gasteiger charge is 2.14. The average Bonchev–Trinajstić information content (AvgIpc) is 2.62. The van der Waals surface area contributed by atoms with E-state index >= 15 is 0 Å². The van der Waals surface area contributed by atoms with Gasteiger partial charge in [0.1, 0.15) is 6.61 Å². The molecule has 0 bridgehead atoms. The topological polar surface area (TPSA) is 72.4 Å². The third kappa shape index (κ3) is 6.58.